The minimum atomic E-state index is -3.28. The van der Waals surface area contributed by atoms with Crippen molar-refractivity contribution in [3.63, 3.8) is 0 Å². The summed E-state index contributed by atoms with van der Waals surface area (Å²) in [6.07, 6.45) is 2.91. The Balaban J connectivity index is 1.78. The van der Waals surface area contributed by atoms with Crippen LogP contribution in [0.4, 0.5) is 5.69 Å². The maximum absolute atomic E-state index is 11.9. The molecule has 0 aliphatic carbocycles. The molecule has 0 unspecified atom stereocenters. The molecule has 0 fully saturated rings. The van der Waals surface area contributed by atoms with Gasteiger partial charge in [0, 0.05) is 23.4 Å². The Labute approximate surface area is 146 Å². The summed E-state index contributed by atoms with van der Waals surface area (Å²) in [6.45, 7) is 2.71. The molecule has 1 aliphatic rings. The monoisotopic (exact) mass is 351 g/mol. The molecule has 1 aromatic heterocycles. The molecule has 0 amide bonds. The SMILES string of the molecule is Cc1ccc2c(c1)CN=C2Nc1ccnc2ccc(S(C)(=O)=O)cc12. The summed E-state index contributed by atoms with van der Waals surface area (Å²) in [6, 6.07) is 13.1. The summed E-state index contributed by atoms with van der Waals surface area (Å²) in [4.78, 5) is 9.18. The summed E-state index contributed by atoms with van der Waals surface area (Å²) in [7, 11) is -3.28. The van der Waals surface area contributed by atoms with Crippen molar-refractivity contribution in [2.75, 3.05) is 11.6 Å². The van der Waals surface area contributed by atoms with Gasteiger partial charge >= 0.3 is 0 Å². The fourth-order valence-corrected chi connectivity index (χ4v) is 3.68. The number of aromatic nitrogens is 1. The highest BCUT2D eigenvalue weighted by Gasteiger charge is 2.17. The highest BCUT2D eigenvalue weighted by molar-refractivity contribution is 7.90. The van der Waals surface area contributed by atoms with Crippen LogP contribution in [-0.4, -0.2) is 25.5 Å². The van der Waals surface area contributed by atoms with Crippen LogP contribution in [0.25, 0.3) is 10.9 Å². The predicted molar refractivity (Wildman–Crippen MR) is 99.9 cm³/mol. The van der Waals surface area contributed by atoms with E-state index in [1.807, 2.05) is 6.07 Å². The minimum absolute atomic E-state index is 0.278. The molecule has 4 rings (SSSR count). The number of rotatable bonds is 2. The largest absolute Gasteiger partial charge is 0.339 e. The van der Waals surface area contributed by atoms with Crippen molar-refractivity contribution in [3.8, 4) is 0 Å². The van der Waals surface area contributed by atoms with Gasteiger partial charge in [0.15, 0.2) is 9.84 Å². The van der Waals surface area contributed by atoms with Gasteiger partial charge in [0.05, 0.1) is 22.6 Å². The maximum Gasteiger partial charge on any atom is 0.175 e. The molecule has 1 N–H and O–H groups in total. The van der Waals surface area contributed by atoms with E-state index in [1.54, 1.807) is 24.4 Å². The number of aliphatic imine (C=N–C) groups is 1. The highest BCUT2D eigenvalue weighted by atomic mass is 32.2. The number of benzene rings is 2. The first-order chi connectivity index (χ1) is 11.9. The van der Waals surface area contributed by atoms with E-state index < -0.39 is 9.84 Å². The van der Waals surface area contributed by atoms with Crippen molar-refractivity contribution in [2.45, 2.75) is 18.4 Å². The number of hydrogen-bond acceptors (Lipinski definition) is 5. The zero-order valence-electron chi connectivity index (χ0n) is 13.9. The Morgan fingerprint density at radius 1 is 1.08 bits per heavy atom. The zero-order valence-corrected chi connectivity index (χ0v) is 14.8. The molecule has 6 heteroatoms. The van der Waals surface area contributed by atoms with Crippen LogP contribution in [0.15, 0.2) is 58.5 Å². The number of fused-ring (bicyclic) bond motifs is 2. The average molecular weight is 351 g/mol. The lowest BCUT2D eigenvalue weighted by molar-refractivity contribution is 0.602. The lowest BCUT2D eigenvalue weighted by Crippen LogP contribution is -2.12. The van der Waals surface area contributed by atoms with Gasteiger partial charge in [-0.1, -0.05) is 23.8 Å². The molecular formula is C19H17N3O2S. The molecule has 0 bridgehead atoms. The van der Waals surface area contributed by atoms with Gasteiger partial charge in [-0.05, 0) is 36.8 Å². The second kappa shape index (κ2) is 5.67. The van der Waals surface area contributed by atoms with Crippen molar-refractivity contribution in [1.82, 2.24) is 4.98 Å². The Kier molecular flexibility index (Phi) is 3.58. The molecule has 0 atom stereocenters. The van der Waals surface area contributed by atoms with Crippen LogP contribution in [-0.2, 0) is 16.4 Å². The Hall–Kier alpha value is -2.73. The first kappa shape index (κ1) is 15.8. The van der Waals surface area contributed by atoms with E-state index in [1.165, 1.54) is 17.4 Å². The summed E-state index contributed by atoms with van der Waals surface area (Å²) in [5.41, 5.74) is 5.01. The number of aryl methyl sites for hydroxylation is 1. The topological polar surface area (TPSA) is 71.4 Å². The van der Waals surface area contributed by atoms with Crippen LogP contribution in [0.5, 0.6) is 0 Å². The van der Waals surface area contributed by atoms with E-state index in [2.05, 4.69) is 40.4 Å². The molecule has 0 saturated heterocycles. The molecule has 5 nitrogen and oxygen atoms in total. The summed E-state index contributed by atoms with van der Waals surface area (Å²) in [5, 5.41) is 4.11. The van der Waals surface area contributed by atoms with Crippen LogP contribution >= 0.6 is 0 Å². The first-order valence-electron chi connectivity index (χ1n) is 7.92. The standard InChI is InChI=1S/C19H17N3O2S/c1-12-3-5-15-13(9-12)11-21-19(15)22-18-7-8-20-17-6-4-14(10-16(17)18)25(2,23)24/h3-10H,11H2,1-2H3,(H,20,21,22). The molecule has 1 aliphatic heterocycles. The number of hydrogen-bond donors (Lipinski definition) is 1. The fraction of sp³-hybridized carbons (Fsp3) is 0.158. The number of pyridine rings is 1. The van der Waals surface area contributed by atoms with Crippen LogP contribution < -0.4 is 5.32 Å². The molecular weight excluding hydrogens is 334 g/mol. The number of amidine groups is 1. The summed E-state index contributed by atoms with van der Waals surface area (Å²) in [5.74, 6) is 0.798. The van der Waals surface area contributed by atoms with E-state index in [9.17, 15) is 8.42 Å². The van der Waals surface area contributed by atoms with Crippen LogP contribution in [0.3, 0.4) is 0 Å². The van der Waals surface area contributed by atoms with E-state index in [0.717, 1.165) is 28.0 Å². The summed E-state index contributed by atoms with van der Waals surface area (Å²) < 4.78 is 23.7. The number of nitrogens with zero attached hydrogens (tertiary/aromatic N) is 2. The maximum atomic E-state index is 11.9. The van der Waals surface area contributed by atoms with Crippen molar-refractivity contribution >= 4 is 32.3 Å². The van der Waals surface area contributed by atoms with Crippen molar-refractivity contribution in [1.29, 1.82) is 0 Å². The van der Waals surface area contributed by atoms with Crippen molar-refractivity contribution < 1.29 is 8.42 Å². The second-order valence-corrected chi connectivity index (χ2v) is 8.28. The Morgan fingerprint density at radius 2 is 1.92 bits per heavy atom. The van der Waals surface area contributed by atoms with Gasteiger partial charge in [-0.15, -0.1) is 0 Å². The predicted octanol–water partition coefficient (Wildman–Crippen LogP) is 3.32. The molecule has 126 valence electrons. The third kappa shape index (κ3) is 2.89. The van der Waals surface area contributed by atoms with Gasteiger partial charge in [-0.2, -0.15) is 0 Å². The molecule has 3 aromatic rings. The van der Waals surface area contributed by atoms with Crippen LogP contribution in [0.1, 0.15) is 16.7 Å². The smallest absolute Gasteiger partial charge is 0.175 e. The van der Waals surface area contributed by atoms with Gasteiger partial charge in [-0.3, -0.25) is 9.98 Å². The molecule has 0 spiro atoms. The van der Waals surface area contributed by atoms with Gasteiger partial charge in [-0.25, -0.2) is 8.42 Å². The average Bonchev–Trinajstić information content (AvgIpc) is 2.96. The Bertz CT molecular complexity index is 1130. The number of nitrogens with one attached hydrogen (secondary N) is 1. The van der Waals surface area contributed by atoms with Gasteiger partial charge in [0.25, 0.3) is 0 Å². The van der Waals surface area contributed by atoms with Crippen LogP contribution in [0.2, 0.25) is 0 Å². The number of anilines is 1. The lowest BCUT2D eigenvalue weighted by atomic mass is 10.1. The van der Waals surface area contributed by atoms with Gasteiger partial charge in [0.1, 0.15) is 5.84 Å². The fourth-order valence-electron chi connectivity index (χ4n) is 3.03. The Morgan fingerprint density at radius 3 is 2.72 bits per heavy atom. The van der Waals surface area contributed by atoms with E-state index >= 15 is 0 Å². The third-order valence-electron chi connectivity index (χ3n) is 4.32. The normalized spacial score (nSPS) is 13.6. The second-order valence-electron chi connectivity index (χ2n) is 6.26. The van der Waals surface area contributed by atoms with Gasteiger partial charge in [0.2, 0.25) is 0 Å². The van der Waals surface area contributed by atoms with Crippen LogP contribution in [0, 0.1) is 6.92 Å². The van der Waals surface area contributed by atoms with E-state index in [4.69, 9.17) is 0 Å². The molecule has 2 aromatic carbocycles. The van der Waals surface area contributed by atoms with E-state index in [-0.39, 0.29) is 4.90 Å². The molecule has 0 radical (unpaired) electrons. The lowest BCUT2D eigenvalue weighted by Gasteiger charge is -2.11. The molecule has 0 saturated carbocycles. The van der Waals surface area contributed by atoms with Crippen molar-refractivity contribution in [2.24, 2.45) is 4.99 Å². The molecule has 2 heterocycles. The summed E-state index contributed by atoms with van der Waals surface area (Å²) >= 11 is 0. The number of sulfone groups is 1. The van der Waals surface area contributed by atoms with Crippen molar-refractivity contribution in [3.05, 3.63) is 65.4 Å². The first-order valence-corrected chi connectivity index (χ1v) is 9.81. The zero-order chi connectivity index (χ0) is 17.6. The highest BCUT2D eigenvalue weighted by Crippen LogP contribution is 2.27. The quantitative estimate of drug-likeness (QED) is 0.769. The van der Waals surface area contributed by atoms with E-state index in [0.29, 0.717) is 6.54 Å². The third-order valence-corrected chi connectivity index (χ3v) is 5.43. The minimum Gasteiger partial charge on any atom is -0.339 e. The van der Waals surface area contributed by atoms with Gasteiger partial charge < -0.3 is 5.32 Å². The molecule has 25 heavy (non-hydrogen) atoms.